The first-order valence-electron chi connectivity index (χ1n) is 4.87. The molecule has 0 radical (unpaired) electrons. The molecule has 13 heavy (non-hydrogen) atoms. The van der Waals surface area contributed by atoms with Crippen molar-refractivity contribution in [2.75, 3.05) is 0 Å². The van der Waals surface area contributed by atoms with Gasteiger partial charge in [0.1, 0.15) is 0 Å². The van der Waals surface area contributed by atoms with Gasteiger partial charge < -0.3 is 5.73 Å². The number of nitrogens with zero attached hydrogens (tertiary/aromatic N) is 1. The summed E-state index contributed by atoms with van der Waals surface area (Å²) < 4.78 is 0. The second-order valence-electron chi connectivity index (χ2n) is 3.51. The molecule has 4 nitrogen and oxygen atoms in total. The van der Waals surface area contributed by atoms with E-state index in [-0.39, 0.29) is 0 Å². The second-order valence-corrected chi connectivity index (χ2v) is 3.51. The lowest BCUT2D eigenvalue weighted by Crippen LogP contribution is -2.24. The maximum absolute atomic E-state index is 10.3. The number of nitrogens with one attached hydrogen (secondary N) is 1. The molecule has 74 valence electrons. The van der Waals surface area contributed by atoms with Crippen molar-refractivity contribution in [2.45, 2.75) is 38.5 Å². The van der Waals surface area contributed by atoms with Crippen LogP contribution in [0.3, 0.4) is 0 Å². The van der Waals surface area contributed by atoms with E-state index in [1.54, 1.807) is 0 Å². The third-order valence-electron chi connectivity index (χ3n) is 2.36. The largest absolute Gasteiger partial charge is 0.350 e. The summed E-state index contributed by atoms with van der Waals surface area (Å²) in [7, 11) is 0. The molecular formula is C9H17N3O. The summed E-state index contributed by atoms with van der Waals surface area (Å²) in [5.41, 5.74) is 7.10. The molecule has 0 heterocycles. The predicted octanol–water partition coefficient (Wildman–Crippen LogP) is 1.61. The van der Waals surface area contributed by atoms with Crippen LogP contribution in [-0.4, -0.2) is 12.2 Å². The van der Waals surface area contributed by atoms with Gasteiger partial charge in [-0.2, -0.15) is 5.10 Å². The van der Waals surface area contributed by atoms with Gasteiger partial charge in [0.2, 0.25) is 0 Å². The summed E-state index contributed by atoms with van der Waals surface area (Å²) in [4.78, 5) is 10.3. The Morgan fingerprint density at radius 3 is 2.46 bits per heavy atom. The average Bonchev–Trinajstić information content (AvgIpc) is 2.32. The third-order valence-corrected chi connectivity index (χ3v) is 2.36. The zero-order valence-electron chi connectivity index (χ0n) is 7.83. The summed E-state index contributed by atoms with van der Waals surface area (Å²) in [6.45, 7) is 0. The molecule has 4 heteroatoms. The molecule has 0 aromatic carbocycles. The molecule has 0 spiro atoms. The van der Waals surface area contributed by atoms with Gasteiger partial charge in [-0.05, 0) is 18.8 Å². The number of primary amides is 1. The van der Waals surface area contributed by atoms with E-state index < -0.39 is 6.03 Å². The van der Waals surface area contributed by atoms with Gasteiger partial charge >= 0.3 is 6.03 Å². The number of urea groups is 1. The molecule has 0 saturated heterocycles. The maximum Gasteiger partial charge on any atom is 0.332 e. The molecule has 0 bridgehead atoms. The van der Waals surface area contributed by atoms with Crippen molar-refractivity contribution in [1.29, 1.82) is 0 Å². The van der Waals surface area contributed by atoms with Crippen molar-refractivity contribution >= 4 is 12.2 Å². The van der Waals surface area contributed by atoms with E-state index in [1.165, 1.54) is 38.5 Å². The number of carbonyl (C=O) groups excluding carboxylic acids is 1. The van der Waals surface area contributed by atoms with Gasteiger partial charge in [0.15, 0.2) is 0 Å². The topological polar surface area (TPSA) is 67.5 Å². The van der Waals surface area contributed by atoms with Crippen LogP contribution in [0.25, 0.3) is 0 Å². The van der Waals surface area contributed by atoms with Crippen molar-refractivity contribution in [3.05, 3.63) is 0 Å². The van der Waals surface area contributed by atoms with E-state index in [9.17, 15) is 4.79 Å². The van der Waals surface area contributed by atoms with E-state index in [4.69, 9.17) is 5.73 Å². The van der Waals surface area contributed by atoms with Crippen molar-refractivity contribution in [3.8, 4) is 0 Å². The molecule has 0 atom stereocenters. The molecule has 2 amide bonds. The fourth-order valence-corrected chi connectivity index (χ4v) is 1.67. The highest BCUT2D eigenvalue weighted by atomic mass is 16.2. The van der Waals surface area contributed by atoms with E-state index in [0.29, 0.717) is 5.92 Å². The Morgan fingerprint density at radius 1 is 1.31 bits per heavy atom. The van der Waals surface area contributed by atoms with E-state index in [0.717, 1.165) is 0 Å². The minimum Gasteiger partial charge on any atom is -0.350 e. The van der Waals surface area contributed by atoms with Crippen molar-refractivity contribution < 1.29 is 4.79 Å². The first-order valence-corrected chi connectivity index (χ1v) is 4.87. The lowest BCUT2D eigenvalue weighted by Gasteiger charge is -2.05. The maximum atomic E-state index is 10.3. The molecule has 0 unspecified atom stereocenters. The highest BCUT2D eigenvalue weighted by Crippen LogP contribution is 2.20. The Morgan fingerprint density at radius 2 is 1.92 bits per heavy atom. The predicted molar refractivity (Wildman–Crippen MR) is 52.4 cm³/mol. The fraction of sp³-hybridized carbons (Fsp3) is 0.778. The summed E-state index contributed by atoms with van der Waals surface area (Å²) in [6.07, 6.45) is 9.38. The first-order chi connectivity index (χ1) is 6.29. The molecule has 0 aromatic heterocycles. The molecule has 1 saturated carbocycles. The smallest absolute Gasteiger partial charge is 0.332 e. The van der Waals surface area contributed by atoms with Gasteiger partial charge in [-0.3, -0.25) is 0 Å². The quantitative estimate of drug-likeness (QED) is 0.381. The van der Waals surface area contributed by atoms with Crippen LogP contribution in [0.1, 0.15) is 38.5 Å². The zero-order chi connectivity index (χ0) is 9.52. The zero-order valence-corrected chi connectivity index (χ0v) is 7.83. The SMILES string of the molecule is NC(=O)NN=CC1CCCCCC1. The molecule has 0 aromatic rings. The number of hydrazone groups is 1. The molecule has 1 aliphatic rings. The summed E-state index contributed by atoms with van der Waals surface area (Å²) >= 11 is 0. The molecule has 1 rings (SSSR count). The molecule has 0 aliphatic heterocycles. The standard InChI is InChI=1S/C9H17N3O/c10-9(13)12-11-7-8-5-3-1-2-4-6-8/h7-8H,1-6H2,(H3,10,12,13). The third kappa shape index (κ3) is 4.50. The number of nitrogens with two attached hydrogens (primary N) is 1. The Balaban J connectivity index is 2.25. The Hall–Kier alpha value is -1.06. The van der Waals surface area contributed by atoms with Gasteiger partial charge in [-0.25, -0.2) is 10.2 Å². The summed E-state index contributed by atoms with van der Waals surface area (Å²) in [6, 6.07) is -0.593. The Kier molecular flexibility index (Phi) is 4.29. The van der Waals surface area contributed by atoms with Crippen LogP contribution in [0.15, 0.2) is 5.10 Å². The molecule has 1 aliphatic carbocycles. The molecule has 3 N–H and O–H groups in total. The second kappa shape index (κ2) is 5.56. The van der Waals surface area contributed by atoms with Crippen molar-refractivity contribution in [1.82, 2.24) is 5.43 Å². The van der Waals surface area contributed by atoms with Gasteiger partial charge in [0.05, 0.1) is 0 Å². The van der Waals surface area contributed by atoms with Crippen LogP contribution in [0, 0.1) is 5.92 Å². The van der Waals surface area contributed by atoms with Crippen LogP contribution in [0.5, 0.6) is 0 Å². The summed E-state index contributed by atoms with van der Waals surface area (Å²) in [5.74, 6) is 0.523. The highest BCUT2D eigenvalue weighted by molar-refractivity contribution is 5.73. The number of hydrogen-bond donors (Lipinski definition) is 2. The minimum absolute atomic E-state index is 0.523. The van der Waals surface area contributed by atoms with Crippen LogP contribution in [0.2, 0.25) is 0 Å². The van der Waals surface area contributed by atoms with Crippen LogP contribution in [0.4, 0.5) is 4.79 Å². The van der Waals surface area contributed by atoms with E-state index in [2.05, 4.69) is 10.5 Å². The minimum atomic E-state index is -0.593. The average molecular weight is 183 g/mol. The summed E-state index contributed by atoms with van der Waals surface area (Å²) in [5, 5.41) is 3.79. The van der Waals surface area contributed by atoms with Crippen molar-refractivity contribution in [3.63, 3.8) is 0 Å². The lowest BCUT2D eigenvalue weighted by atomic mass is 10.0. The first kappa shape index (κ1) is 10.0. The molecular weight excluding hydrogens is 166 g/mol. The fourth-order valence-electron chi connectivity index (χ4n) is 1.67. The Labute approximate surface area is 78.6 Å². The van der Waals surface area contributed by atoms with Gasteiger partial charge in [-0.15, -0.1) is 0 Å². The number of amides is 2. The number of hydrogen-bond acceptors (Lipinski definition) is 2. The van der Waals surface area contributed by atoms with Crippen LogP contribution >= 0.6 is 0 Å². The van der Waals surface area contributed by atoms with Crippen LogP contribution in [-0.2, 0) is 0 Å². The van der Waals surface area contributed by atoms with Crippen LogP contribution < -0.4 is 11.2 Å². The van der Waals surface area contributed by atoms with Crippen molar-refractivity contribution in [2.24, 2.45) is 16.8 Å². The van der Waals surface area contributed by atoms with Gasteiger partial charge in [-0.1, -0.05) is 25.7 Å². The number of rotatable bonds is 2. The van der Waals surface area contributed by atoms with Gasteiger partial charge in [0.25, 0.3) is 0 Å². The van der Waals surface area contributed by atoms with Gasteiger partial charge in [0, 0.05) is 6.21 Å². The lowest BCUT2D eigenvalue weighted by molar-refractivity contribution is 0.249. The Bertz CT molecular complexity index is 183. The number of carbonyl (C=O) groups is 1. The monoisotopic (exact) mass is 183 g/mol. The van der Waals surface area contributed by atoms with E-state index in [1.807, 2.05) is 6.21 Å². The normalized spacial score (nSPS) is 20.0. The molecule has 1 fully saturated rings. The van der Waals surface area contributed by atoms with E-state index >= 15 is 0 Å². The highest BCUT2D eigenvalue weighted by Gasteiger charge is 2.09.